The molecule has 1 amide bonds. The number of nitrogens with one attached hydrogen (secondary N) is 2. The van der Waals surface area contributed by atoms with Crippen molar-refractivity contribution in [2.45, 2.75) is 6.92 Å². The second kappa shape index (κ2) is 4.89. The van der Waals surface area contributed by atoms with Gasteiger partial charge in [-0.25, -0.2) is 4.98 Å². The van der Waals surface area contributed by atoms with Gasteiger partial charge in [0.15, 0.2) is 0 Å². The van der Waals surface area contributed by atoms with Crippen LogP contribution in [0.5, 0.6) is 0 Å². The second-order valence-electron chi connectivity index (χ2n) is 3.43. The first kappa shape index (κ1) is 11.5. The number of fused-ring (bicyclic) bond motifs is 1. The quantitative estimate of drug-likeness (QED) is 0.754. The summed E-state index contributed by atoms with van der Waals surface area (Å²) in [6, 6.07) is 1.72. The number of aromatic nitrogens is 2. The van der Waals surface area contributed by atoms with Gasteiger partial charge in [0.2, 0.25) is 5.91 Å². The fraction of sp³-hybridized carbons (Fsp3) is 0.167. The third-order valence-electron chi connectivity index (χ3n) is 2.17. The normalized spacial score (nSPS) is 9.76. The SMILES string of the molecule is CC(=O)NCC#Cc1c[nH]c2nccc(Cl)c12. The number of aromatic amines is 1. The van der Waals surface area contributed by atoms with Gasteiger partial charge in [0.05, 0.1) is 22.5 Å². The molecule has 5 heteroatoms. The van der Waals surface area contributed by atoms with Gasteiger partial charge in [-0.05, 0) is 6.07 Å². The monoisotopic (exact) mass is 247 g/mol. The van der Waals surface area contributed by atoms with Crippen LogP contribution in [-0.2, 0) is 4.79 Å². The number of pyridine rings is 1. The molecule has 0 unspecified atom stereocenters. The highest BCUT2D eigenvalue weighted by Gasteiger charge is 2.05. The molecule has 4 nitrogen and oxygen atoms in total. The third-order valence-corrected chi connectivity index (χ3v) is 2.49. The van der Waals surface area contributed by atoms with Crippen molar-refractivity contribution in [3.63, 3.8) is 0 Å². The molecule has 0 saturated carbocycles. The standard InChI is InChI=1S/C12H10ClN3O/c1-8(17)14-5-2-3-9-7-16-12-11(9)10(13)4-6-15-12/h4,6-7H,5H2,1H3,(H,14,17)(H,15,16). The first-order valence-corrected chi connectivity index (χ1v) is 5.41. The Labute approximate surface area is 103 Å². The van der Waals surface area contributed by atoms with Crippen molar-refractivity contribution < 1.29 is 4.79 Å². The Kier molecular flexibility index (Phi) is 3.31. The predicted octanol–water partition coefficient (Wildman–Crippen LogP) is 1.70. The minimum atomic E-state index is -0.0991. The summed E-state index contributed by atoms with van der Waals surface area (Å²) in [4.78, 5) is 17.8. The third kappa shape index (κ3) is 2.58. The number of carbonyl (C=O) groups is 1. The molecule has 2 N–H and O–H groups in total. The number of amides is 1. The van der Waals surface area contributed by atoms with E-state index in [2.05, 4.69) is 27.1 Å². The predicted molar refractivity (Wildman–Crippen MR) is 66.7 cm³/mol. The zero-order chi connectivity index (χ0) is 12.3. The molecule has 0 saturated heterocycles. The summed E-state index contributed by atoms with van der Waals surface area (Å²) >= 11 is 6.07. The number of H-pyrrole nitrogens is 1. The number of halogens is 1. The Morgan fingerprint density at radius 2 is 2.47 bits per heavy atom. The van der Waals surface area contributed by atoms with Crippen LogP contribution in [0.25, 0.3) is 11.0 Å². The van der Waals surface area contributed by atoms with Gasteiger partial charge in [-0.2, -0.15) is 0 Å². The molecule has 0 aliphatic carbocycles. The number of hydrogen-bond acceptors (Lipinski definition) is 2. The highest BCUT2D eigenvalue weighted by Crippen LogP contribution is 2.23. The van der Waals surface area contributed by atoms with Gasteiger partial charge in [0.25, 0.3) is 0 Å². The van der Waals surface area contributed by atoms with Crippen LogP contribution in [0.2, 0.25) is 5.02 Å². The number of rotatable bonds is 1. The van der Waals surface area contributed by atoms with Crippen molar-refractivity contribution in [3.05, 3.63) is 29.0 Å². The van der Waals surface area contributed by atoms with Crippen LogP contribution in [0.4, 0.5) is 0 Å². The average molecular weight is 248 g/mol. The van der Waals surface area contributed by atoms with Gasteiger partial charge in [0, 0.05) is 19.3 Å². The zero-order valence-corrected chi connectivity index (χ0v) is 9.93. The molecule has 0 aliphatic rings. The molecule has 0 atom stereocenters. The number of carbonyl (C=O) groups excluding carboxylic acids is 1. The van der Waals surface area contributed by atoms with Crippen molar-refractivity contribution in [1.82, 2.24) is 15.3 Å². The molecule has 0 fully saturated rings. The number of hydrogen-bond donors (Lipinski definition) is 2. The molecule has 17 heavy (non-hydrogen) atoms. The first-order valence-electron chi connectivity index (χ1n) is 5.03. The van der Waals surface area contributed by atoms with Crippen LogP contribution in [0.3, 0.4) is 0 Å². The van der Waals surface area contributed by atoms with E-state index in [0.717, 1.165) is 10.9 Å². The van der Waals surface area contributed by atoms with E-state index < -0.39 is 0 Å². The topological polar surface area (TPSA) is 57.8 Å². The van der Waals surface area contributed by atoms with E-state index in [1.54, 1.807) is 18.5 Å². The summed E-state index contributed by atoms with van der Waals surface area (Å²) in [5, 5.41) is 4.02. The lowest BCUT2D eigenvalue weighted by atomic mass is 10.2. The molecule has 0 aromatic carbocycles. The largest absolute Gasteiger partial charge is 0.345 e. The van der Waals surface area contributed by atoms with Crippen LogP contribution in [0.1, 0.15) is 12.5 Å². The van der Waals surface area contributed by atoms with E-state index in [0.29, 0.717) is 17.2 Å². The molecule has 0 spiro atoms. The fourth-order valence-electron chi connectivity index (χ4n) is 1.42. The molecule has 86 valence electrons. The van der Waals surface area contributed by atoms with Crippen molar-refractivity contribution in [1.29, 1.82) is 0 Å². The van der Waals surface area contributed by atoms with Gasteiger partial charge in [0.1, 0.15) is 5.65 Å². The summed E-state index contributed by atoms with van der Waals surface area (Å²) in [6.45, 7) is 1.77. The highest BCUT2D eigenvalue weighted by molar-refractivity contribution is 6.35. The van der Waals surface area contributed by atoms with Gasteiger partial charge in [-0.1, -0.05) is 23.4 Å². The smallest absolute Gasteiger partial charge is 0.217 e. The molecule has 2 aromatic heterocycles. The van der Waals surface area contributed by atoms with Gasteiger partial charge in [-0.3, -0.25) is 4.79 Å². The fourth-order valence-corrected chi connectivity index (χ4v) is 1.67. The van der Waals surface area contributed by atoms with Crippen molar-refractivity contribution >= 4 is 28.5 Å². The lowest BCUT2D eigenvalue weighted by Gasteiger charge is -1.93. The summed E-state index contributed by atoms with van der Waals surface area (Å²) in [5.74, 6) is 5.69. The van der Waals surface area contributed by atoms with Crippen LogP contribution in [0, 0.1) is 11.8 Å². The molecule has 2 aromatic rings. The van der Waals surface area contributed by atoms with Crippen LogP contribution >= 0.6 is 11.6 Å². The molecule has 0 aliphatic heterocycles. The summed E-state index contributed by atoms with van der Waals surface area (Å²) in [5.41, 5.74) is 1.49. The van der Waals surface area contributed by atoms with E-state index in [1.807, 2.05) is 0 Å². The van der Waals surface area contributed by atoms with Crippen molar-refractivity contribution in [3.8, 4) is 11.8 Å². The van der Waals surface area contributed by atoms with E-state index in [4.69, 9.17) is 11.6 Å². The summed E-state index contributed by atoms with van der Waals surface area (Å²) in [7, 11) is 0. The van der Waals surface area contributed by atoms with Crippen LogP contribution in [-0.4, -0.2) is 22.4 Å². The molecule has 0 radical (unpaired) electrons. The maximum atomic E-state index is 10.7. The maximum absolute atomic E-state index is 10.7. The van der Waals surface area contributed by atoms with Gasteiger partial charge >= 0.3 is 0 Å². The molecular formula is C12H10ClN3O. The van der Waals surface area contributed by atoms with Gasteiger partial charge in [-0.15, -0.1) is 0 Å². The minimum Gasteiger partial charge on any atom is -0.345 e. The molecular weight excluding hydrogens is 238 g/mol. The highest BCUT2D eigenvalue weighted by atomic mass is 35.5. The number of nitrogens with zero attached hydrogens (tertiary/aromatic N) is 1. The minimum absolute atomic E-state index is 0.0991. The average Bonchev–Trinajstić information content (AvgIpc) is 2.69. The Bertz CT molecular complexity index is 621. The summed E-state index contributed by atoms with van der Waals surface area (Å²) < 4.78 is 0. The Balaban J connectivity index is 2.27. The van der Waals surface area contributed by atoms with Crippen molar-refractivity contribution in [2.75, 3.05) is 6.54 Å². The van der Waals surface area contributed by atoms with Crippen molar-refractivity contribution in [2.24, 2.45) is 0 Å². The van der Waals surface area contributed by atoms with E-state index in [9.17, 15) is 4.79 Å². The van der Waals surface area contributed by atoms with Crippen LogP contribution in [0.15, 0.2) is 18.5 Å². The Morgan fingerprint density at radius 1 is 1.65 bits per heavy atom. The lowest BCUT2D eigenvalue weighted by molar-refractivity contribution is -0.118. The van der Waals surface area contributed by atoms with E-state index in [1.165, 1.54) is 6.92 Å². The molecule has 2 heterocycles. The maximum Gasteiger partial charge on any atom is 0.217 e. The van der Waals surface area contributed by atoms with E-state index in [-0.39, 0.29) is 5.91 Å². The van der Waals surface area contributed by atoms with Gasteiger partial charge < -0.3 is 10.3 Å². The Morgan fingerprint density at radius 3 is 3.24 bits per heavy atom. The molecule has 2 rings (SSSR count). The first-order chi connectivity index (χ1) is 8.18. The Hall–Kier alpha value is -1.99. The van der Waals surface area contributed by atoms with Crippen LogP contribution < -0.4 is 5.32 Å². The molecule has 0 bridgehead atoms. The second-order valence-corrected chi connectivity index (χ2v) is 3.84. The lowest BCUT2D eigenvalue weighted by Crippen LogP contribution is -2.19. The zero-order valence-electron chi connectivity index (χ0n) is 9.17. The summed E-state index contributed by atoms with van der Waals surface area (Å²) in [6.07, 6.45) is 3.39. The van der Waals surface area contributed by atoms with E-state index >= 15 is 0 Å².